The lowest BCUT2D eigenvalue weighted by Crippen LogP contribution is -2.44. The number of carbonyl (C=O) groups is 1. The van der Waals surface area contributed by atoms with Crippen LogP contribution in [0.5, 0.6) is 0 Å². The highest BCUT2D eigenvalue weighted by atomic mass is 16.5. The third kappa shape index (κ3) is 4.76. The molecule has 0 aromatic heterocycles. The van der Waals surface area contributed by atoms with E-state index in [1.165, 1.54) is 0 Å². The second kappa shape index (κ2) is 6.23. The molecule has 1 saturated heterocycles. The molecule has 0 N–H and O–H groups in total. The Balaban J connectivity index is 2.21. The van der Waals surface area contributed by atoms with Gasteiger partial charge in [-0.15, -0.1) is 0 Å². The Labute approximate surface area is 92.8 Å². The highest BCUT2D eigenvalue weighted by molar-refractivity contribution is 5.83. The van der Waals surface area contributed by atoms with E-state index < -0.39 is 0 Å². The van der Waals surface area contributed by atoms with Gasteiger partial charge in [-0.05, 0) is 19.4 Å². The number of nitrogens with zero attached hydrogens (tertiary/aromatic N) is 1. The van der Waals surface area contributed by atoms with Gasteiger partial charge in [0.15, 0.2) is 5.78 Å². The molecule has 3 nitrogen and oxygen atoms in total. The predicted molar refractivity (Wildman–Crippen MR) is 60.9 cm³/mol. The SMILES string of the molecule is CC(C)CCCC(=O)C1CN(C)CCO1. The van der Waals surface area contributed by atoms with Gasteiger partial charge in [-0.1, -0.05) is 20.3 Å². The fourth-order valence-corrected chi connectivity index (χ4v) is 1.82. The minimum Gasteiger partial charge on any atom is -0.368 e. The van der Waals surface area contributed by atoms with E-state index in [2.05, 4.69) is 18.7 Å². The Morgan fingerprint density at radius 3 is 2.87 bits per heavy atom. The van der Waals surface area contributed by atoms with Gasteiger partial charge in [-0.3, -0.25) is 4.79 Å². The summed E-state index contributed by atoms with van der Waals surface area (Å²) in [6.45, 7) is 6.78. The van der Waals surface area contributed by atoms with Crippen LogP contribution < -0.4 is 0 Å². The molecule has 1 unspecified atom stereocenters. The molecule has 3 heteroatoms. The molecule has 1 aliphatic heterocycles. The van der Waals surface area contributed by atoms with Crippen LogP contribution >= 0.6 is 0 Å². The molecule has 15 heavy (non-hydrogen) atoms. The maximum atomic E-state index is 11.8. The number of likely N-dealkylation sites (N-methyl/N-ethyl adjacent to an activating group) is 1. The molecule has 1 atom stereocenters. The van der Waals surface area contributed by atoms with Crippen LogP contribution in [0.15, 0.2) is 0 Å². The number of hydrogen-bond donors (Lipinski definition) is 0. The molecule has 1 fully saturated rings. The molecular weight excluding hydrogens is 190 g/mol. The lowest BCUT2D eigenvalue weighted by Gasteiger charge is -2.29. The minimum atomic E-state index is -0.170. The quantitative estimate of drug-likeness (QED) is 0.696. The first kappa shape index (κ1) is 12.7. The number of ketones is 1. The first-order valence-corrected chi connectivity index (χ1v) is 5.92. The number of Topliss-reactive ketones (excluding diaryl/α,β-unsaturated/α-hetero) is 1. The van der Waals surface area contributed by atoms with Crippen molar-refractivity contribution in [2.75, 3.05) is 26.7 Å². The van der Waals surface area contributed by atoms with E-state index in [1.807, 2.05) is 7.05 Å². The average molecular weight is 213 g/mol. The van der Waals surface area contributed by atoms with Crippen molar-refractivity contribution in [3.05, 3.63) is 0 Å². The molecule has 0 bridgehead atoms. The Bertz CT molecular complexity index is 204. The van der Waals surface area contributed by atoms with Gasteiger partial charge in [0.1, 0.15) is 6.10 Å². The van der Waals surface area contributed by atoms with Crippen LogP contribution in [-0.4, -0.2) is 43.5 Å². The van der Waals surface area contributed by atoms with Crippen LogP contribution in [0.3, 0.4) is 0 Å². The van der Waals surface area contributed by atoms with Crippen molar-refractivity contribution in [1.82, 2.24) is 4.90 Å². The van der Waals surface area contributed by atoms with Crippen molar-refractivity contribution in [1.29, 1.82) is 0 Å². The maximum absolute atomic E-state index is 11.8. The molecule has 1 aliphatic rings. The van der Waals surface area contributed by atoms with Crippen LogP contribution in [0.2, 0.25) is 0 Å². The Kier molecular flexibility index (Phi) is 5.26. The van der Waals surface area contributed by atoms with E-state index in [-0.39, 0.29) is 11.9 Å². The van der Waals surface area contributed by atoms with E-state index in [9.17, 15) is 4.79 Å². The summed E-state index contributed by atoms with van der Waals surface area (Å²) in [5.41, 5.74) is 0. The van der Waals surface area contributed by atoms with Gasteiger partial charge in [-0.2, -0.15) is 0 Å². The van der Waals surface area contributed by atoms with Gasteiger partial charge in [0.25, 0.3) is 0 Å². The minimum absolute atomic E-state index is 0.170. The van der Waals surface area contributed by atoms with Crippen molar-refractivity contribution < 1.29 is 9.53 Å². The van der Waals surface area contributed by atoms with Crippen LogP contribution in [-0.2, 0) is 9.53 Å². The van der Waals surface area contributed by atoms with Gasteiger partial charge in [0.2, 0.25) is 0 Å². The number of hydrogen-bond acceptors (Lipinski definition) is 3. The largest absolute Gasteiger partial charge is 0.368 e. The zero-order chi connectivity index (χ0) is 11.3. The third-order valence-electron chi connectivity index (χ3n) is 2.83. The monoisotopic (exact) mass is 213 g/mol. The van der Waals surface area contributed by atoms with E-state index in [4.69, 9.17) is 4.74 Å². The van der Waals surface area contributed by atoms with E-state index in [0.29, 0.717) is 18.9 Å². The normalized spacial score (nSPS) is 23.3. The van der Waals surface area contributed by atoms with Crippen LogP contribution in [0, 0.1) is 5.92 Å². The molecule has 0 spiro atoms. The van der Waals surface area contributed by atoms with Crippen molar-refractivity contribution in [3.8, 4) is 0 Å². The molecule has 0 aromatic carbocycles. The molecule has 0 aromatic rings. The molecule has 1 rings (SSSR count). The molecule has 0 saturated carbocycles. The van der Waals surface area contributed by atoms with Gasteiger partial charge in [0.05, 0.1) is 6.61 Å². The second-order valence-electron chi connectivity index (χ2n) is 4.87. The molecule has 0 aliphatic carbocycles. The maximum Gasteiger partial charge on any atom is 0.162 e. The fraction of sp³-hybridized carbons (Fsp3) is 0.917. The highest BCUT2D eigenvalue weighted by Crippen LogP contribution is 2.11. The summed E-state index contributed by atoms with van der Waals surface area (Å²) in [6, 6.07) is 0. The van der Waals surface area contributed by atoms with Crippen molar-refractivity contribution >= 4 is 5.78 Å². The van der Waals surface area contributed by atoms with E-state index in [1.54, 1.807) is 0 Å². The second-order valence-corrected chi connectivity index (χ2v) is 4.87. The summed E-state index contributed by atoms with van der Waals surface area (Å²) < 4.78 is 5.48. The third-order valence-corrected chi connectivity index (χ3v) is 2.83. The van der Waals surface area contributed by atoms with Gasteiger partial charge in [-0.25, -0.2) is 0 Å². The van der Waals surface area contributed by atoms with Gasteiger partial charge >= 0.3 is 0 Å². The number of rotatable bonds is 5. The highest BCUT2D eigenvalue weighted by Gasteiger charge is 2.23. The lowest BCUT2D eigenvalue weighted by atomic mass is 10.0. The molecular formula is C12H23NO2. The summed E-state index contributed by atoms with van der Waals surface area (Å²) in [5, 5.41) is 0. The molecule has 0 radical (unpaired) electrons. The summed E-state index contributed by atoms with van der Waals surface area (Å²) >= 11 is 0. The van der Waals surface area contributed by atoms with Crippen molar-refractivity contribution in [2.45, 2.75) is 39.2 Å². The number of carbonyl (C=O) groups excluding carboxylic acids is 1. The lowest BCUT2D eigenvalue weighted by molar-refractivity contribution is -0.135. The topological polar surface area (TPSA) is 29.5 Å². The van der Waals surface area contributed by atoms with Gasteiger partial charge in [0, 0.05) is 19.5 Å². The predicted octanol–water partition coefficient (Wildman–Crippen LogP) is 1.71. The number of morpholine rings is 1. The molecule has 0 amide bonds. The smallest absolute Gasteiger partial charge is 0.162 e. The standard InChI is InChI=1S/C12H23NO2/c1-10(2)5-4-6-11(14)12-9-13(3)7-8-15-12/h10,12H,4-9H2,1-3H3. The summed E-state index contributed by atoms with van der Waals surface area (Å²) in [7, 11) is 2.04. The Morgan fingerprint density at radius 1 is 1.53 bits per heavy atom. The Hall–Kier alpha value is -0.410. The van der Waals surface area contributed by atoms with E-state index in [0.717, 1.165) is 25.9 Å². The van der Waals surface area contributed by atoms with Gasteiger partial charge < -0.3 is 9.64 Å². The van der Waals surface area contributed by atoms with E-state index >= 15 is 0 Å². The summed E-state index contributed by atoms with van der Waals surface area (Å²) in [6.07, 6.45) is 2.64. The first-order valence-electron chi connectivity index (χ1n) is 5.92. The zero-order valence-corrected chi connectivity index (χ0v) is 10.2. The fourth-order valence-electron chi connectivity index (χ4n) is 1.82. The molecule has 1 heterocycles. The summed E-state index contributed by atoms with van der Waals surface area (Å²) in [5.74, 6) is 0.968. The Morgan fingerprint density at radius 2 is 2.27 bits per heavy atom. The number of ether oxygens (including phenoxy) is 1. The van der Waals surface area contributed by atoms with Crippen LogP contribution in [0.4, 0.5) is 0 Å². The zero-order valence-electron chi connectivity index (χ0n) is 10.2. The van der Waals surface area contributed by atoms with Crippen LogP contribution in [0.25, 0.3) is 0 Å². The van der Waals surface area contributed by atoms with Crippen molar-refractivity contribution in [2.24, 2.45) is 5.92 Å². The summed E-state index contributed by atoms with van der Waals surface area (Å²) in [4.78, 5) is 13.9. The molecule has 88 valence electrons. The van der Waals surface area contributed by atoms with Crippen molar-refractivity contribution in [3.63, 3.8) is 0 Å². The average Bonchev–Trinajstić information content (AvgIpc) is 2.17. The first-order chi connectivity index (χ1) is 7.09. The van der Waals surface area contributed by atoms with Crippen LogP contribution in [0.1, 0.15) is 33.1 Å².